The Balaban J connectivity index is 1.47. The number of halogens is 1. The molecule has 2 aromatic heterocycles. The van der Waals surface area contributed by atoms with Gasteiger partial charge >= 0.3 is 0 Å². The van der Waals surface area contributed by atoms with Gasteiger partial charge in [-0.25, -0.2) is 4.39 Å². The molecule has 1 N–H and O–H groups in total. The van der Waals surface area contributed by atoms with Crippen molar-refractivity contribution >= 4 is 11.5 Å². The van der Waals surface area contributed by atoms with E-state index in [1.807, 2.05) is 10.6 Å². The second-order valence-corrected chi connectivity index (χ2v) is 6.15. The molecule has 1 unspecified atom stereocenters. The number of rotatable bonds is 3. The Morgan fingerprint density at radius 1 is 1.12 bits per heavy atom. The van der Waals surface area contributed by atoms with Crippen molar-refractivity contribution in [2.75, 3.05) is 18.0 Å². The maximum absolute atomic E-state index is 13.0. The van der Waals surface area contributed by atoms with Gasteiger partial charge < -0.3 is 10.0 Å². The number of aliphatic hydroxyl groups excluding tert-OH is 1. The van der Waals surface area contributed by atoms with Gasteiger partial charge in [-0.1, -0.05) is 12.1 Å². The van der Waals surface area contributed by atoms with Crippen LogP contribution in [0.15, 0.2) is 43.0 Å². The minimum Gasteiger partial charge on any atom is -0.388 e. The van der Waals surface area contributed by atoms with Crippen molar-refractivity contribution in [1.82, 2.24) is 19.6 Å². The van der Waals surface area contributed by atoms with Crippen LogP contribution < -0.4 is 4.90 Å². The predicted octanol–water partition coefficient (Wildman–Crippen LogP) is 2.21. The third-order valence-corrected chi connectivity index (χ3v) is 4.72. The van der Waals surface area contributed by atoms with Crippen LogP contribution >= 0.6 is 0 Å². The molecule has 0 spiro atoms. The van der Waals surface area contributed by atoms with Crippen LogP contribution in [0, 0.1) is 11.7 Å². The molecule has 1 atom stereocenters. The van der Waals surface area contributed by atoms with Crippen molar-refractivity contribution in [3.05, 3.63) is 54.4 Å². The van der Waals surface area contributed by atoms with Crippen molar-refractivity contribution in [3.8, 4) is 0 Å². The molecule has 7 heteroatoms. The lowest BCUT2D eigenvalue weighted by Gasteiger charge is -2.35. The summed E-state index contributed by atoms with van der Waals surface area (Å²) in [6, 6.07) is 6.11. The van der Waals surface area contributed by atoms with E-state index in [9.17, 15) is 9.50 Å². The summed E-state index contributed by atoms with van der Waals surface area (Å²) in [5.41, 5.74) is 1.50. The van der Waals surface area contributed by atoms with Crippen LogP contribution in [0.3, 0.4) is 0 Å². The van der Waals surface area contributed by atoms with Crippen molar-refractivity contribution < 1.29 is 9.50 Å². The Labute approximate surface area is 138 Å². The zero-order valence-electron chi connectivity index (χ0n) is 13.1. The van der Waals surface area contributed by atoms with E-state index in [-0.39, 0.29) is 11.7 Å². The number of hydrogen-bond acceptors (Lipinski definition) is 5. The summed E-state index contributed by atoms with van der Waals surface area (Å²) < 4.78 is 14.9. The second kappa shape index (κ2) is 6.16. The molecule has 0 amide bonds. The fourth-order valence-electron chi connectivity index (χ4n) is 3.35. The highest BCUT2D eigenvalue weighted by Gasteiger charge is 2.27. The van der Waals surface area contributed by atoms with Gasteiger partial charge in [0.1, 0.15) is 18.0 Å². The van der Waals surface area contributed by atoms with Crippen LogP contribution in [0.4, 0.5) is 10.2 Å². The monoisotopic (exact) mass is 327 g/mol. The fourth-order valence-corrected chi connectivity index (χ4v) is 3.35. The van der Waals surface area contributed by atoms with Gasteiger partial charge in [0.2, 0.25) is 0 Å². The van der Waals surface area contributed by atoms with Gasteiger partial charge in [0.05, 0.1) is 18.5 Å². The Morgan fingerprint density at radius 3 is 2.62 bits per heavy atom. The standard InChI is InChI=1S/C17H18FN5O/c18-14-3-1-12(2-4-14)17(24)13-5-7-22(8-6-13)16-10-19-9-15-21-20-11-23(15)16/h1-4,9-11,13,17,24H,5-8H2. The first-order valence-corrected chi connectivity index (χ1v) is 8.04. The van der Waals surface area contributed by atoms with Gasteiger partial charge in [-0.3, -0.25) is 9.38 Å². The van der Waals surface area contributed by atoms with E-state index in [2.05, 4.69) is 20.1 Å². The van der Waals surface area contributed by atoms with Crippen LogP contribution in [-0.4, -0.2) is 37.8 Å². The third kappa shape index (κ3) is 2.71. The number of anilines is 1. The van der Waals surface area contributed by atoms with Gasteiger partial charge in [0, 0.05) is 13.1 Å². The minimum atomic E-state index is -0.559. The summed E-state index contributed by atoms with van der Waals surface area (Å²) in [7, 11) is 0. The predicted molar refractivity (Wildman–Crippen MR) is 87.1 cm³/mol. The van der Waals surface area contributed by atoms with E-state index < -0.39 is 6.10 Å². The van der Waals surface area contributed by atoms with Gasteiger partial charge in [-0.15, -0.1) is 10.2 Å². The topological polar surface area (TPSA) is 66.5 Å². The summed E-state index contributed by atoms with van der Waals surface area (Å²) in [4.78, 5) is 6.45. The number of nitrogens with zero attached hydrogens (tertiary/aromatic N) is 5. The molecule has 3 heterocycles. The van der Waals surface area contributed by atoms with E-state index in [0.29, 0.717) is 0 Å². The Kier molecular flexibility index (Phi) is 3.86. The molecule has 4 rings (SSSR count). The summed E-state index contributed by atoms with van der Waals surface area (Å²) in [5.74, 6) is 0.849. The maximum atomic E-state index is 13.0. The first-order valence-electron chi connectivity index (χ1n) is 8.04. The average Bonchev–Trinajstić information content (AvgIpc) is 3.11. The van der Waals surface area contributed by atoms with Crippen LogP contribution in [0.5, 0.6) is 0 Å². The molecule has 1 aliphatic rings. The lowest BCUT2D eigenvalue weighted by Crippen LogP contribution is -2.36. The van der Waals surface area contributed by atoms with Crippen molar-refractivity contribution in [2.45, 2.75) is 18.9 Å². The first-order chi connectivity index (χ1) is 11.7. The van der Waals surface area contributed by atoms with Gasteiger partial charge in [0.25, 0.3) is 0 Å². The molecule has 1 saturated heterocycles. The molecular weight excluding hydrogens is 309 g/mol. The summed E-state index contributed by atoms with van der Waals surface area (Å²) in [6.07, 6.45) is 6.34. The molecule has 0 aliphatic carbocycles. The highest BCUT2D eigenvalue weighted by atomic mass is 19.1. The molecule has 0 bridgehead atoms. The number of fused-ring (bicyclic) bond motifs is 1. The third-order valence-electron chi connectivity index (χ3n) is 4.72. The van der Waals surface area contributed by atoms with Gasteiger partial charge in [-0.2, -0.15) is 0 Å². The lowest BCUT2D eigenvalue weighted by molar-refractivity contribution is 0.0928. The Hall–Kier alpha value is -2.54. The second-order valence-electron chi connectivity index (χ2n) is 6.15. The van der Waals surface area contributed by atoms with Crippen molar-refractivity contribution in [1.29, 1.82) is 0 Å². The number of benzene rings is 1. The highest BCUT2D eigenvalue weighted by Crippen LogP contribution is 2.32. The van der Waals surface area contributed by atoms with E-state index in [1.165, 1.54) is 12.1 Å². The molecule has 1 aromatic carbocycles. The zero-order valence-corrected chi connectivity index (χ0v) is 13.1. The molecule has 1 fully saturated rings. The van der Waals surface area contributed by atoms with E-state index in [4.69, 9.17) is 0 Å². The Bertz CT molecular complexity index is 826. The zero-order chi connectivity index (χ0) is 16.5. The maximum Gasteiger partial charge on any atom is 0.180 e. The molecule has 124 valence electrons. The molecule has 1 aliphatic heterocycles. The van der Waals surface area contributed by atoms with Gasteiger partial charge in [0.15, 0.2) is 5.65 Å². The van der Waals surface area contributed by atoms with Crippen LogP contribution in [0.25, 0.3) is 5.65 Å². The average molecular weight is 327 g/mol. The lowest BCUT2D eigenvalue weighted by atomic mass is 9.87. The molecule has 3 aromatic rings. The molecular formula is C17H18FN5O. The molecule has 0 saturated carbocycles. The summed E-state index contributed by atoms with van der Waals surface area (Å²) in [6.45, 7) is 1.64. The van der Waals surface area contributed by atoms with Gasteiger partial charge in [-0.05, 0) is 36.5 Å². The summed E-state index contributed by atoms with van der Waals surface area (Å²) >= 11 is 0. The van der Waals surface area contributed by atoms with Crippen LogP contribution in [0.2, 0.25) is 0 Å². The largest absolute Gasteiger partial charge is 0.388 e. The Morgan fingerprint density at radius 2 is 1.88 bits per heavy atom. The normalized spacial score (nSPS) is 17.3. The fraction of sp³-hybridized carbons (Fsp3) is 0.353. The quantitative estimate of drug-likeness (QED) is 0.799. The van der Waals surface area contributed by atoms with E-state index in [0.717, 1.165) is 43.0 Å². The van der Waals surface area contributed by atoms with E-state index >= 15 is 0 Å². The van der Waals surface area contributed by atoms with Crippen LogP contribution in [0.1, 0.15) is 24.5 Å². The molecule has 6 nitrogen and oxygen atoms in total. The smallest absolute Gasteiger partial charge is 0.180 e. The van der Waals surface area contributed by atoms with Crippen molar-refractivity contribution in [3.63, 3.8) is 0 Å². The number of aromatic nitrogens is 4. The SMILES string of the molecule is OC(c1ccc(F)cc1)C1CCN(c2cncc3nncn23)CC1. The number of aliphatic hydroxyl groups is 1. The first kappa shape index (κ1) is 15.0. The summed E-state index contributed by atoms with van der Waals surface area (Å²) in [5, 5.41) is 18.5. The molecule has 24 heavy (non-hydrogen) atoms. The number of hydrogen-bond donors (Lipinski definition) is 1. The molecule has 0 radical (unpaired) electrons. The van der Waals surface area contributed by atoms with Crippen LogP contribution in [-0.2, 0) is 0 Å². The van der Waals surface area contributed by atoms with E-state index in [1.54, 1.807) is 24.7 Å². The number of piperidine rings is 1. The minimum absolute atomic E-state index is 0.166. The highest BCUT2D eigenvalue weighted by molar-refractivity contribution is 5.47. The van der Waals surface area contributed by atoms with Crippen molar-refractivity contribution in [2.24, 2.45) is 5.92 Å².